The second-order valence-corrected chi connectivity index (χ2v) is 5.96. The minimum atomic E-state index is 0.300. The van der Waals surface area contributed by atoms with Gasteiger partial charge in [0.15, 0.2) is 0 Å². The molecule has 0 radical (unpaired) electrons. The van der Waals surface area contributed by atoms with Gasteiger partial charge in [0.1, 0.15) is 0 Å². The normalized spacial score (nSPS) is 19.7. The number of thiophene rings is 1. The molecule has 0 aliphatic heterocycles. The van der Waals surface area contributed by atoms with E-state index in [2.05, 4.69) is 41.1 Å². The van der Waals surface area contributed by atoms with Gasteiger partial charge in [0, 0.05) is 6.04 Å². The number of aryl methyl sites for hydroxylation is 2. The fraction of sp³-hybridized carbons (Fsp3) is 0.375. The molecule has 0 amide bonds. The van der Waals surface area contributed by atoms with Crippen LogP contribution < -0.4 is 5.73 Å². The number of benzene rings is 1. The Bertz CT molecular complexity index is 504. The Labute approximate surface area is 113 Å². The van der Waals surface area contributed by atoms with Crippen LogP contribution in [0.1, 0.15) is 35.4 Å². The van der Waals surface area contributed by atoms with E-state index in [-0.39, 0.29) is 0 Å². The van der Waals surface area contributed by atoms with E-state index in [0.717, 1.165) is 12.8 Å². The second-order valence-electron chi connectivity index (χ2n) is 5.18. The van der Waals surface area contributed by atoms with E-state index in [0.29, 0.717) is 12.0 Å². The number of hydrogen-bond acceptors (Lipinski definition) is 2. The molecular weight excluding hydrogens is 238 g/mol. The molecule has 1 aromatic heterocycles. The Morgan fingerprint density at radius 2 is 2.17 bits per heavy atom. The first-order valence-electron chi connectivity index (χ1n) is 6.69. The fourth-order valence-corrected chi connectivity index (χ4v) is 3.71. The van der Waals surface area contributed by atoms with Gasteiger partial charge in [0.2, 0.25) is 0 Å². The summed E-state index contributed by atoms with van der Waals surface area (Å²) in [6.45, 7) is 0. The first-order valence-corrected chi connectivity index (χ1v) is 7.63. The number of rotatable bonds is 4. The van der Waals surface area contributed by atoms with Crippen LogP contribution in [0, 0.1) is 0 Å². The maximum Gasteiger partial charge on any atom is 0.0111 e. The van der Waals surface area contributed by atoms with Gasteiger partial charge in [-0.3, -0.25) is 0 Å². The van der Waals surface area contributed by atoms with Crippen LogP contribution in [-0.2, 0) is 12.8 Å². The summed E-state index contributed by atoms with van der Waals surface area (Å²) in [5.74, 6) is 0.569. The van der Waals surface area contributed by atoms with Crippen LogP contribution >= 0.6 is 11.3 Å². The third-order valence-electron chi connectivity index (χ3n) is 4.04. The largest absolute Gasteiger partial charge is 0.327 e. The first kappa shape index (κ1) is 11.9. The van der Waals surface area contributed by atoms with Crippen molar-refractivity contribution in [3.63, 3.8) is 0 Å². The molecule has 1 aliphatic carbocycles. The molecule has 0 bridgehead atoms. The summed E-state index contributed by atoms with van der Waals surface area (Å²) >= 11 is 1.77. The van der Waals surface area contributed by atoms with Crippen molar-refractivity contribution in [1.29, 1.82) is 0 Å². The van der Waals surface area contributed by atoms with E-state index in [4.69, 9.17) is 5.73 Å². The lowest BCUT2D eigenvalue weighted by atomic mass is 9.90. The lowest BCUT2D eigenvalue weighted by Gasteiger charge is -2.20. The lowest BCUT2D eigenvalue weighted by Crippen LogP contribution is -2.27. The summed E-state index contributed by atoms with van der Waals surface area (Å²) in [6, 6.07) is 11.3. The highest BCUT2D eigenvalue weighted by atomic mass is 32.1. The zero-order valence-electron chi connectivity index (χ0n) is 10.5. The predicted molar refractivity (Wildman–Crippen MR) is 78.1 cm³/mol. The number of hydrogen-bond donors (Lipinski definition) is 1. The van der Waals surface area contributed by atoms with E-state index in [9.17, 15) is 0 Å². The third kappa shape index (κ3) is 2.36. The number of fused-ring (bicyclic) bond motifs is 1. The molecule has 1 nitrogen and oxygen atoms in total. The van der Waals surface area contributed by atoms with Crippen LogP contribution in [0.4, 0.5) is 0 Å². The average molecular weight is 257 g/mol. The van der Waals surface area contributed by atoms with Crippen LogP contribution in [0.15, 0.2) is 41.1 Å². The molecule has 0 spiro atoms. The highest BCUT2D eigenvalue weighted by Crippen LogP contribution is 2.35. The Morgan fingerprint density at radius 3 is 3.00 bits per heavy atom. The van der Waals surface area contributed by atoms with Gasteiger partial charge in [-0.05, 0) is 65.1 Å². The first-order chi connectivity index (χ1) is 8.84. The molecule has 0 saturated heterocycles. The maximum atomic E-state index is 6.41. The van der Waals surface area contributed by atoms with E-state index >= 15 is 0 Å². The van der Waals surface area contributed by atoms with Gasteiger partial charge >= 0.3 is 0 Å². The molecule has 2 unspecified atom stereocenters. The van der Waals surface area contributed by atoms with Crippen LogP contribution in [0.25, 0.3) is 0 Å². The summed E-state index contributed by atoms with van der Waals surface area (Å²) in [5, 5.41) is 4.38. The van der Waals surface area contributed by atoms with Crippen molar-refractivity contribution in [1.82, 2.24) is 0 Å². The summed E-state index contributed by atoms with van der Waals surface area (Å²) in [7, 11) is 0. The van der Waals surface area contributed by atoms with Crippen LogP contribution in [0.2, 0.25) is 0 Å². The van der Waals surface area contributed by atoms with Gasteiger partial charge in [-0.15, -0.1) is 0 Å². The van der Waals surface area contributed by atoms with Crippen molar-refractivity contribution in [2.24, 2.45) is 5.73 Å². The van der Waals surface area contributed by atoms with Crippen molar-refractivity contribution in [3.05, 3.63) is 57.8 Å². The molecule has 0 saturated carbocycles. The molecule has 2 N–H and O–H groups in total. The molecule has 2 heteroatoms. The smallest absolute Gasteiger partial charge is 0.0111 e. The monoisotopic (exact) mass is 257 g/mol. The maximum absolute atomic E-state index is 6.41. The molecule has 1 aromatic carbocycles. The summed E-state index contributed by atoms with van der Waals surface area (Å²) in [4.78, 5) is 0. The minimum Gasteiger partial charge on any atom is -0.327 e. The van der Waals surface area contributed by atoms with Gasteiger partial charge in [-0.1, -0.05) is 24.3 Å². The molecule has 18 heavy (non-hydrogen) atoms. The zero-order valence-corrected chi connectivity index (χ0v) is 11.3. The van der Waals surface area contributed by atoms with Gasteiger partial charge in [0.25, 0.3) is 0 Å². The topological polar surface area (TPSA) is 26.0 Å². The molecule has 1 aliphatic rings. The Kier molecular flexibility index (Phi) is 3.48. The van der Waals surface area contributed by atoms with Crippen molar-refractivity contribution in [3.8, 4) is 0 Å². The minimum absolute atomic E-state index is 0.300. The van der Waals surface area contributed by atoms with Crippen molar-refractivity contribution in [2.75, 3.05) is 0 Å². The van der Waals surface area contributed by atoms with Gasteiger partial charge in [0.05, 0.1) is 0 Å². The van der Waals surface area contributed by atoms with Gasteiger partial charge < -0.3 is 5.73 Å². The van der Waals surface area contributed by atoms with Crippen LogP contribution in [-0.4, -0.2) is 6.04 Å². The van der Waals surface area contributed by atoms with Gasteiger partial charge in [-0.25, -0.2) is 0 Å². The van der Waals surface area contributed by atoms with Gasteiger partial charge in [-0.2, -0.15) is 11.3 Å². The second kappa shape index (κ2) is 5.25. The summed E-state index contributed by atoms with van der Waals surface area (Å²) in [5.41, 5.74) is 10.8. The fourth-order valence-electron chi connectivity index (χ4n) is 3.00. The Morgan fingerprint density at radius 1 is 1.28 bits per heavy atom. The summed E-state index contributed by atoms with van der Waals surface area (Å²) in [6.07, 6.45) is 4.64. The van der Waals surface area contributed by atoms with Crippen molar-refractivity contribution < 1.29 is 0 Å². The highest BCUT2D eigenvalue weighted by molar-refractivity contribution is 7.07. The standard InChI is InChI=1S/C16H19NS/c17-16(8-5-12-9-10-18-11-12)15-7-6-13-3-1-2-4-14(13)15/h1-4,9-11,15-16H,5-8,17H2. The quantitative estimate of drug-likeness (QED) is 0.887. The van der Waals surface area contributed by atoms with E-state index < -0.39 is 0 Å². The van der Waals surface area contributed by atoms with Crippen LogP contribution in [0.3, 0.4) is 0 Å². The number of nitrogens with two attached hydrogens (primary N) is 1. The zero-order chi connectivity index (χ0) is 12.4. The third-order valence-corrected chi connectivity index (χ3v) is 4.77. The van der Waals surface area contributed by atoms with E-state index in [1.54, 1.807) is 11.3 Å². The Hall–Kier alpha value is -1.12. The summed E-state index contributed by atoms with van der Waals surface area (Å²) < 4.78 is 0. The Balaban J connectivity index is 1.65. The molecule has 2 atom stereocenters. The molecule has 94 valence electrons. The molecule has 2 aromatic rings. The molecular formula is C16H19NS. The average Bonchev–Trinajstić information content (AvgIpc) is 3.05. The predicted octanol–water partition coefficient (Wildman–Crippen LogP) is 3.74. The van der Waals surface area contributed by atoms with Crippen LogP contribution in [0.5, 0.6) is 0 Å². The van der Waals surface area contributed by atoms with E-state index in [1.807, 2.05) is 0 Å². The highest BCUT2D eigenvalue weighted by Gasteiger charge is 2.26. The van der Waals surface area contributed by atoms with Crippen molar-refractivity contribution >= 4 is 11.3 Å². The molecule has 3 rings (SSSR count). The SMILES string of the molecule is NC(CCc1ccsc1)C1CCc2ccccc21. The van der Waals surface area contributed by atoms with E-state index in [1.165, 1.54) is 29.5 Å². The molecule has 0 fully saturated rings. The lowest BCUT2D eigenvalue weighted by molar-refractivity contribution is 0.497. The van der Waals surface area contributed by atoms with Crippen molar-refractivity contribution in [2.45, 2.75) is 37.6 Å². The molecule has 1 heterocycles.